The molecule has 2 heterocycles. The molecule has 7 nitrogen and oxygen atoms in total. The van der Waals surface area contributed by atoms with E-state index < -0.39 is 5.91 Å². The minimum Gasteiger partial charge on any atom is -0.444 e. The van der Waals surface area contributed by atoms with Gasteiger partial charge in [0, 0.05) is 5.56 Å². The maximum absolute atomic E-state index is 12.3. The molecule has 0 saturated carbocycles. The molecule has 0 saturated heterocycles. The Morgan fingerprint density at radius 1 is 1.04 bits per heavy atom. The number of benzene rings is 2. The lowest BCUT2D eigenvalue weighted by atomic mass is 10.1. The number of fused-ring (bicyclic) bond motifs is 1. The second-order valence-electron chi connectivity index (χ2n) is 5.98. The van der Waals surface area contributed by atoms with Crippen LogP contribution < -0.4 is 10.6 Å². The Morgan fingerprint density at radius 3 is 2.61 bits per heavy atom. The van der Waals surface area contributed by atoms with Crippen molar-refractivity contribution in [2.75, 3.05) is 11.9 Å². The minimum atomic E-state index is -0.466. The van der Waals surface area contributed by atoms with Crippen LogP contribution in [0.15, 0.2) is 69.8 Å². The van der Waals surface area contributed by atoms with Crippen molar-refractivity contribution in [3.63, 3.8) is 0 Å². The number of para-hydroxylation sites is 3. The molecular weight excluding hydrogens is 424 g/mol. The first-order chi connectivity index (χ1) is 13.6. The third kappa shape index (κ3) is 3.81. The molecule has 0 radical (unpaired) electrons. The number of carbonyl (C=O) groups is 2. The average molecular weight is 439 g/mol. The van der Waals surface area contributed by atoms with Gasteiger partial charge in [-0.15, -0.1) is 0 Å². The van der Waals surface area contributed by atoms with Crippen LogP contribution in [0.4, 0.5) is 5.69 Å². The molecule has 0 unspecified atom stereocenters. The Morgan fingerprint density at radius 2 is 1.82 bits per heavy atom. The van der Waals surface area contributed by atoms with Gasteiger partial charge in [-0.2, -0.15) is 0 Å². The molecular formula is C20H15BrN4O3. The van der Waals surface area contributed by atoms with Crippen LogP contribution in [0, 0.1) is 0 Å². The zero-order valence-electron chi connectivity index (χ0n) is 14.5. The van der Waals surface area contributed by atoms with Crippen LogP contribution in [0.3, 0.4) is 0 Å². The van der Waals surface area contributed by atoms with Gasteiger partial charge in [-0.3, -0.25) is 9.59 Å². The summed E-state index contributed by atoms with van der Waals surface area (Å²) in [4.78, 5) is 32.1. The molecule has 4 rings (SSSR count). The van der Waals surface area contributed by atoms with Gasteiger partial charge in [-0.1, -0.05) is 24.3 Å². The number of hydrogen-bond acceptors (Lipinski definition) is 4. The summed E-state index contributed by atoms with van der Waals surface area (Å²) in [6, 6.07) is 18.2. The van der Waals surface area contributed by atoms with Crippen LogP contribution in [0.5, 0.6) is 0 Å². The largest absolute Gasteiger partial charge is 0.444 e. The van der Waals surface area contributed by atoms with Crippen molar-refractivity contribution in [2.24, 2.45) is 0 Å². The minimum absolute atomic E-state index is 0.127. The topological polar surface area (TPSA) is 100 Å². The van der Waals surface area contributed by atoms with Crippen molar-refractivity contribution in [1.82, 2.24) is 15.3 Å². The lowest BCUT2D eigenvalue weighted by Gasteiger charge is -2.10. The summed E-state index contributed by atoms with van der Waals surface area (Å²) in [6.45, 7) is -0.189. The van der Waals surface area contributed by atoms with E-state index >= 15 is 0 Å². The average Bonchev–Trinajstić information content (AvgIpc) is 3.32. The summed E-state index contributed by atoms with van der Waals surface area (Å²) < 4.78 is 5.61. The van der Waals surface area contributed by atoms with E-state index in [1.807, 2.05) is 42.5 Å². The number of halogens is 1. The fourth-order valence-corrected chi connectivity index (χ4v) is 3.06. The summed E-state index contributed by atoms with van der Waals surface area (Å²) in [7, 11) is 0. The molecule has 0 aliphatic rings. The van der Waals surface area contributed by atoms with E-state index in [0.29, 0.717) is 16.2 Å². The molecule has 28 heavy (non-hydrogen) atoms. The zero-order valence-corrected chi connectivity index (χ0v) is 16.1. The third-order valence-corrected chi connectivity index (χ3v) is 4.48. The summed E-state index contributed by atoms with van der Waals surface area (Å²) in [5.74, 6) is -0.0436. The van der Waals surface area contributed by atoms with Gasteiger partial charge >= 0.3 is 0 Å². The molecule has 0 aliphatic carbocycles. The van der Waals surface area contributed by atoms with Crippen molar-refractivity contribution < 1.29 is 14.0 Å². The van der Waals surface area contributed by atoms with E-state index in [0.717, 1.165) is 16.6 Å². The first-order valence-electron chi connectivity index (χ1n) is 8.48. The van der Waals surface area contributed by atoms with E-state index in [4.69, 9.17) is 4.42 Å². The molecule has 2 aromatic heterocycles. The number of aromatic amines is 1. The summed E-state index contributed by atoms with van der Waals surface area (Å²) >= 11 is 3.13. The van der Waals surface area contributed by atoms with Crippen LogP contribution in [-0.2, 0) is 4.79 Å². The fraction of sp³-hybridized carbons (Fsp3) is 0.0500. The number of imidazole rings is 1. The molecule has 0 bridgehead atoms. The van der Waals surface area contributed by atoms with Gasteiger partial charge < -0.3 is 20.0 Å². The third-order valence-electron chi connectivity index (χ3n) is 4.05. The van der Waals surface area contributed by atoms with E-state index in [2.05, 4.69) is 36.5 Å². The second kappa shape index (κ2) is 7.69. The van der Waals surface area contributed by atoms with Crippen LogP contribution in [0.1, 0.15) is 10.6 Å². The SMILES string of the molecule is O=C(CNC(=O)c1ccc(Br)o1)Nc1ccccc1-c1nc2ccccc2[nH]1. The maximum Gasteiger partial charge on any atom is 0.287 e. The molecule has 0 aliphatic heterocycles. The number of hydrogen-bond donors (Lipinski definition) is 3. The highest BCUT2D eigenvalue weighted by Crippen LogP contribution is 2.27. The fourth-order valence-electron chi connectivity index (χ4n) is 2.76. The van der Waals surface area contributed by atoms with Crippen LogP contribution >= 0.6 is 15.9 Å². The Balaban J connectivity index is 1.47. The standard InChI is InChI=1S/C20H15BrN4O3/c21-17-10-9-16(28-17)20(27)22-11-18(26)23-13-6-2-1-5-12(13)19-24-14-7-3-4-8-15(14)25-19/h1-10H,11H2,(H,22,27)(H,23,26)(H,24,25). The van der Waals surface area contributed by atoms with Crippen molar-refractivity contribution >= 4 is 44.5 Å². The summed E-state index contributed by atoms with van der Waals surface area (Å²) in [5.41, 5.74) is 3.11. The Hall–Kier alpha value is -3.39. The number of aromatic nitrogens is 2. The van der Waals surface area contributed by atoms with Gasteiger partial charge in [0.2, 0.25) is 5.91 Å². The number of furan rings is 1. The molecule has 2 aromatic carbocycles. The number of nitrogens with one attached hydrogen (secondary N) is 3. The smallest absolute Gasteiger partial charge is 0.287 e. The van der Waals surface area contributed by atoms with E-state index in [9.17, 15) is 9.59 Å². The highest BCUT2D eigenvalue weighted by molar-refractivity contribution is 9.10. The van der Waals surface area contributed by atoms with Gasteiger partial charge in [-0.25, -0.2) is 4.98 Å². The summed E-state index contributed by atoms with van der Waals surface area (Å²) in [6.07, 6.45) is 0. The summed E-state index contributed by atoms with van der Waals surface area (Å²) in [5, 5.41) is 5.34. The molecule has 0 spiro atoms. The molecule has 0 fully saturated rings. The van der Waals surface area contributed by atoms with E-state index in [1.54, 1.807) is 12.1 Å². The highest BCUT2D eigenvalue weighted by atomic mass is 79.9. The quantitative estimate of drug-likeness (QED) is 0.439. The number of H-pyrrole nitrogens is 1. The monoisotopic (exact) mass is 438 g/mol. The van der Waals surface area contributed by atoms with Crippen molar-refractivity contribution in [1.29, 1.82) is 0 Å². The predicted molar refractivity (Wildman–Crippen MR) is 109 cm³/mol. The number of anilines is 1. The highest BCUT2D eigenvalue weighted by Gasteiger charge is 2.14. The molecule has 0 atom stereocenters. The van der Waals surface area contributed by atoms with Crippen molar-refractivity contribution in [3.8, 4) is 11.4 Å². The van der Waals surface area contributed by atoms with E-state index in [-0.39, 0.29) is 18.2 Å². The molecule has 8 heteroatoms. The maximum atomic E-state index is 12.3. The van der Waals surface area contributed by atoms with Gasteiger partial charge in [0.25, 0.3) is 5.91 Å². The van der Waals surface area contributed by atoms with Crippen LogP contribution in [-0.4, -0.2) is 28.3 Å². The number of amides is 2. The molecule has 4 aromatic rings. The van der Waals surface area contributed by atoms with Gasteiger partial charge in [0.05, 0.1) is 23.3 Å². The lowest BCUT2D eigenvalue weighted by Crippen LogP contribution is -2.32. The van der Waals surface area contributed by atoms with Crippen molar-refractivity contribution in [3.05, 3.63) is 71.1 Å². The van der Waals surface area contributed by atoms with Gasteiger partial charge in [0.1, 0.15) is 5.82 Å². The predicted octanol–water partition coefficient (Wildman–Crippen LogP) is 3.95. The Labute approximate surface area is 168 Å². The number of carbonyl (C=O) groups excluding carboxylic acids is 2. The first kappa shape index (κ1) is 18.0. The lowest BCUT2D eigenvalue weighted by molar-refractivity contribution is -0.115. The second-order valence-corrected chi connectivity index (χ2v) is 6.76. The zero-order chi connectivity index (χ0) is 19.5. The molecule has 3 N–H and O–H groups in total. The van der Waals surface area contributed by atoms with Crippen LogP contribution in [0.25, 0.3) is 22.4 Å². The van der Waals surface area contributed by atoms with Gasteiger partial charge in [-0.05, 0) is 52.3 Å². The number of nitrogens with zero attached hydrogens (tertiary/aromatic N) is 1. The molecule has 2 amide bonds. The first-order valence-corrected chi connectivity index (χ1v) is 9.27. The van der Waals surface area contributed by atoms with Crippen molar-refractivity contribution in [2.45, 2.75) is 0 Å². The van der Waals surface area contributed by atoms with Gasteiger partial charge in [0.15, 0.2) is 10.4 Å². The van der Waals surface area contributed by atoms with E-state index in [1.165, 1.54) is 6.07 Å². The van der Waals surface area contributed by atoms with Crippen LogP contribution in [0.2, 0.25) is 0 Å². The number of rotatable bonds is 5. The Kier molecular flexibility index (Phi) is 4.94. The Bertz CT molecular complexity index is 1130. The normalized spacial score (nSPS) is 10.8. The molecule has 140 valence electrons.